The van der Waals surface area contributed by atoms with Gasteiger partial charge in [-0.15, -0.1) is 0 Å². The Hall–Kier alpha value is -2.15. The van der Waals surface area contributed by atoms with E-state index in [1.165, 1.54) is 0 Å². The quantitative estimate of drug-likeness (QED) is 0.592. The molecular formula is C21H20BrNO4. The molecule has 0 aliphatic heterocycles. The van der Waals surface area contributed by atoms with Crippen LogP contribution in [0, 0.1) is 0 Å². The summed E-state index contributed by atoms with van der Waals surface area (Å²) in [5, 5.41) is 19.3. The maximum Gasteiger partial charge on any atom is 0.195 e. The van der Waals surface area contributed by atoms with Crippen LogP contribution in [0.4, 0.5) is 0 Å². The van der Waals surface area contributed by atoms with Crippen molar-refractivity contribution in [2.75, 3.05) is 13.2 Å². The van der Waals surface area contributed by atoms with E-state index in [1.54, 1.807) is 12.1 Å². The minimum Gasteiger partial charge on any atom is -0.491 e. The van der Waals surface area contributed by atoms with Crippen LogP contribution in [-0.4, -0.2) is 40.3 Å². The first kappa shape index (κ1) is 18.2. The fourth-order valence-electron chi connectivity index (χ4n) is 3.73. The lowest BCUT2D eigenvalue weighted by molar-refractivity contribution is 0.0535. The molecule has 1 aromatic heterocycles. The summed E-state index contributed by atoms with van der Waals surface area (Å²) in [6, 6.07) is 11.3. The normalized spacial score (nSPS) is 16.1. The van der Waals surface area contributed by atoms with Crippen LogP contribution in [0.2, 0.25) is 0 Å². The van der Waals surface area contributed by atoms with Crippen molar-refractivity contribution in [1.29, 1.82) is 0 Å². The van der Waals surface area contributed by atoms with Gasteiger partial charge in [0.25, 0.3) is 0 Å². The Morgan fingerprint density at radius 1 is 1.22 bits per heavy atom. The topological polar surface area (TPSA) is 82.5 Å². The van der Waals surface area contributed by atoms with Crippen molar-refractivity contribution in [3.63, 3.8) is 0 Å². The molecule has 0 spiro atoms. The second kappa shape index (κ2) is 6.48. The highest BCUT2D eigenvalue weighted by atomic mass is 79.9. The zero-order valence-electron chi connectivity index (χ0n) is 15.0. The van der Waals surface area contributed by atoms with E-state index in [9.17, 15) is 9.90 Å². The average molecular weight is 430 g/mol. The number of aromatic nitrogens is 1. The molecule has 1 aliphatic rings. The minimum absolute atomic E-state index is 0.0285. The fourth-order valence-corrected chi connectivity index (χ4v) is 4.10. The maximum atomic E-state index is 13.3. The van der Waals surface area contributed by atoms with Crippen LogP contribution in [0.5, 0.6) is 5.75 Å². The predicted octanol–water partition coefficient (Wildman–Crippen LogP) is 3.53. The number of aliphatic hydroxyl groups is 2. The van der Waals surface area contributed by atoms with Crippen LogP contribution < -0.4 is 4.74 Å². The maximum absolute atomic E-state index is 13.3. The summed E-state index contributed by atoms with van der Waals surface area (Å²) in [5.74, 6) is 0.456. The van der Waals surface area contributed by atoms with Crippen molar-refractivity contribution in [2.45, 2.75) is 25.4 Å². The molecule has 5 nitrogen and oxygen atoms in total. The Labute approximate surface area is 165 Å². The van der Waals surface area contributed by atoms with Crippen LogP contribution in [-0.2, 0) is 5.41 Å². The van der Waals surface area contributed by atoms with Gasteiger partial charge in [-0.25, -0.2) is 0 Å². The number of hydrogen-bond acceptors (Lipinski definition) is 4. The number of ketones is 1. The SMILES string of the molecule is CC1(C)c2ccc(OC[C@@H](O)CO)cc2C(=O)c2c1[nH]c1cc(Br)ccc21. The summed E-state index contributed by atoms with van der Waals surface area (Å²) in [4.78, 5) is 16.8. The van der Waals surface area contributed by atoms with E-state index in [0.29, 0.717) is 16.9 Å². The highest BCUT2D eigenvalue weighted by Gasteiger charge is 2.39. The fraction of sp³-hybridized carbons (Fsp3) is 0.286. The van der Waals surface area contributed by atoms with Gasteiger partial charge in [-0.2, -0.15) is 0 Å². The van der Waals surface area contributed by atoms with E-state index < -0.39 is 6.10 Å². The zero-order valence-corrected chi connectivity index (χ0v) is 16.6. The smallest absolute Gasteiger partial charge is 0.195 e. The van der Waals surface area contributed by atoms with Crippen molar-refractivity contribution in [3.05, 3.63) is 63.3 Å². The molecule has 0 amide bonds. The van der Waals surface area contributed by atoms with Crippen molar-refractivity contribution in [1.82, 2.24) is 4.98 Å². The molecule has 1 heterocycles. The summed E-state index contributed by atoms with van der Waals surface area (Å²) in [5.41, 5.74) is 3.70. The molecule has 0 saturated carbocycles. The molecule has 3 N–H and O–H groups in total. The van der Waals surface area contributed by atoms with Crippen molar-refractivity contribution in [3.8, 4) is 5.75 Å². The number of fused-ring (bicyclic) bond motifs is 4. The highest BCUT2D eigenvalue weighted by molar-refractivity contribution is 9.10. The third-order valence-corrected chi connectivity index (χ3v) is 5.67. The largest absolute Gasteiger partial charge is 0.491 e. The van der Waals surface area contributed by atoms with Crippen LogP contribution >= 0.6 is 15.9 Å². The second-order valence-corrected chi connectivity index (χ2v) is 8.29. The Morgan fingerprint density at radius 2 is 2.00 bits per heavy atom. The molecule has 27 heavy (non-hydrogen) atoms. The number of halogens is 1. The number of carbonyl (C=O) groups is 1. The number of benzene rings is 2. The molecule has 1 atom stereocenters. The van der Waals surface area contributed by atoms with E-state index >= 15 is 0 Å². The van der Waals surface area contributed by atoms with Crippen LogP contribution in [0.1, 0.15) is 41.0 Å². The lowest BCUT2D eigenvalue weighted by Gasteiger charge is -2.32. The Kier molecular flexibility index (Phi) is 4.37. The van der Waals surface area contributed by atoms with Crippen LogP contribution in [0.25, 0.3) is 10.9 Å². The van der Waals surface area contributed by atoms with Gasteiger partial charge < -0.3 is 19.9 Å². The molecule has 0 fully saturated rings. The molecule has 2 aromatic carbocycles. The summed E-state index contributed by atoms with van der Waals surface area (Å²) >= 11 is 3.48. The number of H-pyrrole nitrogens is 1. The van der Waals surface area contributed by atoms with Crippen molar-refractivity contribution >= 4 is 32.6 Å². The van der Waals surface area contributed by atoms with E-state index in [0.717, 1.165) is 26.6 Å². The predicted molar refractivity (Wildman–Crippen MR) is 107 cm³/mol. The molecule has 3 aromatic rings. The molecule has 6 heteroatoms. The van der Waals surface area contributed by atoms with Gasteiger partial charge in [0.05, 0.1) is 12.2 Å². The molecule has 140 valence electrons. The molecule has 0 unspecified atom stereocenters. The number of aliphatic hydroxyl groups excluding tert-OH is 2. The summed E-state index contributed by atoms with van der Waals surface area (Å²) in [6.45, 7) is 3.79. The van der Waals surface area contributed by atoms with E-state index in [4.69, 9.17) is 9.84 Å². The first-order valence-electron chi connectivity index (χ1n) is 8.75. The van der Waals surface area contributed by atoms with E-state index in [2.05, 4.69) is 34.8 Å². The van der Waals surface area contributed by atoms with Crippen LogP contribution in [0.3, 0.4) is 0 Å². The molecule has 1 aliphatic carbocycles. The molecular weight excluding hydrogens is 410 g/mol. The highest BCUT2D eigenvalue weighted by Crippen LogP contribution is 2.44. The van der Waals surface area contributed by atoms with Crippen molar-refractivity contribution < 1.29 is 19.7 Å². The van der Waals surface area contributed by atoms with Gasteiger partial charge in [0.15, 0.2) is 5.78 Å². The van der Waals surface area contributed by atoms with Gasteiger partial charge >= 0.3 is 0 Å². The van der Waals surface area contributed by atoms with Crippen LogP contribution in [0.15, 0.2) is 40.9 Å². The number of hydrogen-bond donors (Lipinski definition) is 3. The van der Waals surface area contributed by atoms with Gasteiger partial charge in [0.1, 0.15) is 18.5 Å². The molecule has 0 bridgehead atoms. The number of carbonyl (C=O) groups excluding carboxylic acids is 1. The minimum atomic E-state index is -0.952. The summed E-state index contributed by atoms with van der Waals surface area (Å²) in [7, 11) is 0. The van der Waals surface area contributed by atoms with Gasteiger partial charge in [0, 0.05) is 32.0 Å². The Morgan fingerprint density at radius 3 is 2.74 bits per heavy atom. The Bertz CT molecular complexity index is 1050. The summed E-state index contributed by atoms with van der Waals surface area (Å²) in [6.07, 6.45) is -0.952. The van der Waals surface area contributed by atoms with Gasteiger partial charge in [-0.1, -0.05) is 41.9 Å². The van der Waals surface area contributed by atoms with Crippen molar-refractivity contribution in [2.24, 2.45) is 0 Å². The monoisotopic (exact) mass is 429 g/mol. The third kappa shape index (κ3) is 2.88. The Balaban J connectivity index is 1.83. The number of rotatable bonds is 4. The zero-order chi connectivity index (χ0) is 19.3. The molecule has 0 saturated heterocycles. The molecule has 0 radical (unpaired) electrons. The lowest BCUT2D eigenvalue weighted by atomic mass is 9.71. The average Bonchev–Trinajstić information content (AvgIpc) is 3.04. The standard InChI is InChI=1S/C21H20BrNO4/c1-21(2)16-6-4-13(27-10-12(25)9-24)8-15(16)19(26)18-14-5-3-11(22)7-17(14)23-20(18)21/h3-8,12,23-25H,9-10H2,1-2H3/t12-/m0/s1. The number of ether oxygens (including phenoxy) is 1. The van der Waals surface area contributed by atoms with Gasteiger partial charge in [-0.05, 0) is 29.8 Å². The first-order chi connectivity index (χ1) is 12.8. The van der Waals surface area contributed by atoms with E-state index in [1.807, 2.05) is 24.3 Å². The number of aromatic amines is 1. The summed E-state index contributed by atoms with van der Waals surface area (Å²) < 4.78 is 6.49. The van der Waals surface area contributed by atoms with Gasteiger partial charge in [-0.3, -0.25) is 4.79 Å². The first-order valence-corrected chi connectivity index (χ1v) is 9.55. The lowest BCUT2D eigenvalue weighted by Crippen LogP contribution is -2.30. The van der Waals surface area contributed by atoms with Gasteiger partial charge in [0.2, 0.25) is 0 Å². The van der Waals surface area contributed by atoms with E-state index in [-0.39, 0.29) is 24.4 Å². The number of nitrogens with one attached hydrogen (secondary N) is 1. The molecule has 4 rings (SSSR count). The third-order valence-electron chi connectivity index (χ3n) is 5.17. The second-order valence-electron chi connectivity index (χ2n) is 7.37.